The predicted molar refractivity (Wildman–Crippen MR) is 98.9 cm³/mol. The van der Waals surface area contributed by atoms with Gasteiger partial charge < -0.3 is 16.0 Å². The van der Waals surface area contributed by atoms with Crippen molar-refractivity contribution in [1.29, 1.82) is 0 Å². The van der Waals surface area contributed by atoms with Crippen molar-refractivity contribution in [2.45, 2.75) is 38.6 Å². The zero-order valence-electron chi connectivity index (χ0n) is 14.6. The largest absolute Gasteiger partial charge is 0.371 e. The molecule has 0 unspecified atom stereocenters. The minimum atomic E-state index is -0.207. The molecular weight excluding hydrogens is 314 g/mol. The van der Waals surface area contributed by atoms with E-state index in [1.807, 2.05) is 12.1 Å². The van der Waals surface area contributed by atoms with Gasteiger partial charge in [0.1, 0.15) is 0 Å². The number of benzene rings is 1. The van der Waals surface area contributed by atoms with Gasteiger partial charge in [-0.25, -0.2) is 0 Å². The Bertz CT molecular complexity index is 639. The minimum Gasteiger partial charge on any atom is -0.371 e. The van der Waals surface area contributed by atoms with Crippen LogP contribution in [0.1, 0.15) is 37.7 Å². The monoisotopic (exact) mass is 341 g/mol. The lowest BCUT2D eigenvalue weighted by molar-refractivity contribution is -0.122. The van der Waals surface area contributed by atoms with Crippen LogP contribution < -0.4 is 16.0 Å². The quantitative estimate of drug-likeness (QED) is 0.780. The van der Waals surface area contributed by atoms with E-state index in [1.54, 1.807) is 0 Å². The van der Waals surface area contributed by atoms with Crippen LogP contribution in [0.25, 0.3) is 0 Å². The predicted octanol–water partition coefficient (Wildman–Crippen LogP) is 2.36. The molecule has 3 N–H and O–H groups in total. The van der Waals surface area contributed by atoms with Crippen LogP contribution in [0.5, 0.6) is 0 Å². The SMILES string of the molecule is NC(=O)[C@H]1CCCN(c2ccc(CNC(=O)C[C@@H]3C=CCC3)cc2)C1. The van der Waals surface area contributed by atoms with Gasteiger partial charge in [-0.15, -0.1) is 0 Å². The minimum absolute atomic E-state index is 0.0580. The lowest BCUT2D eigenvalue weighted by atomic mass is 9.97. The summed E-state index contributed by atoms with van der Waals surface area (Å²) >= 11 is 0. The Morgan fingerprint density at radius 2 is 2.00 bits per heavy atom. The number of hydrogen-bond donors (Lipinski definition) is 2. The molecule has 1 aromatic rings. The number of primary amides is 1. The fourth-order valence-corrected chi connectivity index (χ4v) is 3.64. The van der Waals surface area contributed by atoms with Gasteiger partial charge in [0.25, 0.3) is 0 Å². The van der Waals surface area contributed by atoms with E-state index >= 15 is 0 Å². The second-order valence-corrected chi connectivity index (χ2v) is 7.10. The maximum absolute atomic E-state index is 12.0. The number of carbonyl (C=O) groups is 2. The highest BCUT2D eigenvalue weighted by atomic mass is 16.2. The molecule has 3 rings (SSSR count). The number of hydrogen-bond acceptors (Lipinski definition) is 3. The van der Waals surface area contributed by atoms with E-state index in [2.05, 4.69) is 34.5 Å². The lowest BCUT2D eigenvalue weighted by Crippen LogP contribution is -2.41. The number of anilines is 1. The summed E-state index contributed by atoms with van der Waals surface area (Å²) in [6.07, 6.45) is 8.92. The van der Waals surface area contributed by atoms with Crippen LogP contribution in [-0.4, -0.2) is 24.9 Å². The topological polar surface area (TPSA) is 75.4 Å². The molecular formula is C20H27N3O2. The summed E-state index contributed by atoms with van der Waals surface area (Å²) < 4.78 is 0. The fraction of sp³-hybridized carbons (Fsp3) is 0.500. The third-order valence-corrected chi connectivity index (χ3v) is 5.17. The zero-order valence-corrected chi connectivity index (χ0v) is 14.6. The molecule has 0 spiro atoms. The molecule has 2 amide bonds. The van der Waals surface area contributed by atoms with Gasteiger partial charge >= 0.3 is 0 Å². The van der Waals surface area contributed by atoms with Crippen molar-refractivity contribution in [3.8, 4) is 0 Å². The molecule has 1 saturated heterocycles. The van der Waals surface area contributed by atoms with Crippen molar-refractivity contribution < 1.29 is 9.59 Å². The molecule has 0 aromatic heterocycles. The van der Waals surface area contributed by atoms with E-state index in [4.69, 9.17) is 5.73 Å². The summed E-state index contributed by atoms with van der Waals surface area (Å²) in [7, 11) is 0. The van der Waals surface area contributed by atoms with Gasteiger partial charge in [-0.1, -0.05) is 24.3 Å². The summed E-state index contributed by atoms with van der Waals surface area (Å²) in [6.45, 7) is 2.20. The number of carbonyl (C=O) groups excluding carboxylic acids is 2. The van der Waals surface area contributed by atoms with Crippen molar-refractivity contribution in [2.24, 2.45) is 17.6 Å². The number of allylic oxidation sites excluding steroid dienone is 2. The normalized spacial score (nSPS) is 22.8. The first-order valence-electron chi connectivity index (χ1n) is 9.18. The van der Waals surface area contributed by atoms with Gasteiger partial charge in [-0.3, -0.25) is 9.59 Å². The van der Waals surface area contributed by atoms with Gasteiger partial charge in [0.15, 0.2) is 0 Å². The number of piperidine rings is 1. The van der Waals surface area contributed by atoms with Crippen LogP contribution >= 0.6 is 0 Å². The van der Waals surface area contributed by atoms with Gasteiger partial charge in [0.2, 0.25) is 11.8 Å². The molecule has 1 aromatic carbocycles. The molecule has 5 nitrogen and oxygen atoms in total. The highest BCUT2D eigenvalue weighted by molar-refractivity contribution is 5.77. The molecule has 0 saturated carbocycles. The Hall–Kier alpha value is -2.30. The third-order valence-electron chi connectivity index (χ3n) is 5.17. The van der Waals surface area contributed by atoms with Crippen molar-refractivity contribution >= 4 is 17.5 Å². The number of rotatable bonds is 6. The molecule has 0 bridgehead atoms. The standard InChI is InChI=1S/C20H27N3O2/c21-20(25)17-6-3-11-23(14-17)18-9-7-16(8-10-18)13-22-19(24)12-15-4-1-2-5-15/h1,4,7-10,15,17H,2-3,5-6,11-14H2,(H2,21,25)(H,22,24)/t15-,17+/m1/s1. The molecule has 2 atom stereocenters. The second kappa shape index (κ2) is 8.19. The summed E-state index contributed by atoms with van der Waals surface area (Å²) in [5.74, 6) is 0.249. The first-order valence-corrected chi connectivity index (χ1v) is 9.18. The van der Waals surface area contributed by atoms with Crippen molar-refractivity contribution in [3.05, 3.63) is 42.0 Å². The molecule has 1 aliphatic carbocycles. The molecule has 2 aliphatic rings. The highest BCUT2D eigenvalue weighted by Crippen LogP contribution is 2.23. The van der Waals surface area contributed by atoms with E-state index < -0.39 is 0 Å². The van der Waals surface area contributed by atoms with Crippen LogP contribution in [-0.2, 0) is 16.1 Å². The van der Waals surface area contributed by atoms with Crippen LogP contribution in [0, 0.1) is 11.8 Å². The molecule has 0 radical (unpaired) electrons. The Balaban J connectivity index is 1.49. The molecule has 5 heteroatoms. The lowest BCUT2D eigenvalue weighted by Gasteiger charge is -2.33. The first-order chi connectivity index (χ1) is 12.1. The van der Waals surface area contributed by atoms with Crippen molar-refractivity contribution in [1.82, 2.24) is 5.32 Å². The molecule has 1 heterocycles. The number of amides is 2. The van der Waals surface area contributed by atoms with Gasteiger partial charge in [0.05, 0.1) is 5.92 Å². The summed E-state index contributed by atoms with van der Waals surface area (Å²) in [4.78, 5) is 25.6. The van der Waals surface area contributed by atoms with Crippen LogP contribution in [0.2, 0.25) is 0 Å². The Kier molecular flexibility index (Phi) is 5.74. The fourth-order valence-electron chi connectivity index (χ4n) is 3.64. The molecule has 1 fully saturated rings. The van der Waals surface area contributed by atoms with E-state index in [9.17, 15) is 9.59 Å². The Morgan fingerprint density at radius 3 is 2.68 bits per heavy atom. The highest BCUT2D eigenvalue weighted by Gasteiger charge is 2.24. The smallest absolute Gasteiger partial charge is 0.222 e. The number of nitrogens with one attached hydrogen (secondary N) is 1. The maximum Gasteiger partial charge on any atom is 0.222 e. The summed E-state index contributed by atoms with van der Waals surface area (Å²) in [5, 5.41) is 3.00. The average molecular weight is 341 g/mol. The second-order valence-electron chi connectivity index (χ2n) is 7.10. The Morgan fingerprint density at radius 1 is 1.20 bits per heavy atom. The van der Waals surface area contributed by atoms with Crippen LogP contribution in [0.3, 0.4) is 0 Å². The van der Waals surface area contributed by atoms with E-state index in [1.165, 1.54) is 0 Å². The van der Waals surface area contributed by atoms with Crippen LogP contribution in [0.4, 0.5) is 5.69 Å². The summed E-state index contributed by atoms with van der Waals surface area (Å²) in [6, 6.07) is 8.20. The van der Waals surface area contributed by atoms with E-state index in [0.29, 0.717) is 25.4 Å². The molecule has 134 valence electrons. The number of nitrogens with zero attached hydrogens (tertiary/aromatic N) is 1. The zero-order chi connectivity index (χ0) is 17.6. The average Bonchev–Trinajstić information content (AvgIpc) is 3.13. The number of nitrogens with two attached hydrogens (primary N) is 1. The maximum atomic E-state index is 12.0. The van der Waals surface area contributed by atoms with Crippen LogP contribution in [0.15, 0.2) is 36.4 Å². The first kappa shape index (κ1) is 17.5. The van der Waals surface area contributed by atoms with Crippen molar-refractivity contribution in [3.63, 3.8) is 0 Å². The van der Waals surface area contributed by atoms with Gasteiger partial charge in [-0.05, 0) is 49.3 Å². The van der Waals surface area contributed by atoms with Gasteiger partial charge in [-0.2, -0.15) is 0 Å². The van der Waals surface area contributed by atoms with Gasteiger partial charge in [0, 0.05) is 31.7 Å². The van der Waals surface area contributed by atoms with E-state index in [0.717, 1.165) is 43.5 Å². The summed E-state index contributed by atoms with van der Waals surface area (Å²) in [5.41, 5.74) is 7.64. The third kappa shape index (κ3) is 4.84. The molecule has 1 aliphatic heterocycles. The molecule has 25 heavy (non-hydrogen) atoms. The van der Waals surface area contributed by atoms with Crippen molar-refractivity contribution in [2.75, 3.05) is 18.0 Å². The Labute approximate surface area is 149 Å². The van der Waals surface area contributed by atoms with E-state index in [-0.39, 0.29) is 17.7 Å².